The standard InChI is InChI=1S/C19H16ClFN2O/c20-13-4-5-17-15(10-13)16-11-23(7-6-18(16)22-17)19(24)9-12-2-1-3-14(21)8-12/h1-5,8,10,22H,6-7,9,11H2. The highest BCUT2D eigenvalue weighted by Crippen LogP contribution is 2.30. The lowest BCUT2D eigenvalue weighted by Gasteiger charge is -2.27. The van der Waals surface area contributed by atoms with Crippen molar-refractivity contribution < 1.29 is 9.18 Å². The lowest BCUT2D eigenvalue weighted by Crippen LogP contribution is -2.36. The number of fused-ring (bicyclic) bond motifs is 3. The molecule has 3 nitrogen and oxygen atoms in total. The monoisotopic (exact) mass is 342 g/mol. The summed E-state index contributed by atoms with van der Waals surface area (Å²) in [6.07, 6.45) is 1.01. The summed E-state index contributed by atoms with van der Waals surface area (Å²) in [4.78, 5) is 17.8. The van der Waals surface area contributed by atoms with Crippen LogP contribution in [0.3, 0.4) is 0 Å². The third kappa shape index (κ3) is 2.78. The van der Waals surface area contributed by atoms with E-state index < -0.39 is 0 Å². The summed E-state index contributed by atoms with van der Waals surface area (Å²) in [5.41, 5.74) is 4.05. The normalized spacial score (nSPS) is 14.0. The molecule has 0 radical (unpaired) electrons. The molecule has 5 heteroatoms. The fourth-order valence-corrected chi connectivity index (χ4v) is 3.50. The zero-order valence-corrected chi connectivity index (χ0v) is 13.7. The summed E-state index contributed by atoms with van der Waals surface area (Å²) in [5.74, 6) is -0.296. The van der Waals surface area contributed by atoms with Gasteiger partial charge in [0.2, 0.25) is 5.91 Å². The molecule has 2 aromatic carbocycles. The average molecular weight is 343 g/mol. The molecule has 0 bridgehead atoms. The van der Waals surface area contributed by atoms with Gasteiger partial charge in [-0.2, -0.15) is 0 Å². The quantitative estimate of drug-likeness (QED) is 0.748. The first-order valence-electron chi connectivity index (χ1n) is 7.91. The molecule has 1 aliphatic rings. The lowest BCUT2D eigenvalue weighted by molar-refractivity contribution is -0.131. The van der Waals surface area contributed by atoms with Crippen molar-refractivity contribution in [2.75, 3.05) is 6.54 Å². The molecule has 0 atom stereocenters. The van der Waals surface area contributed by atoms with Crippen LogP contribution in [0.2, 0.25) is 5.02 Å². The fraction of sp³-hybridized carbons (Fsp3) is 0.211. The van der Waals surface area contributed by atoms with Gasteiger partial charge in [0.25, 0.3) is 0 Å². The van der Waals surface area contributed by atoms with E-state index in [1.807, 2.05) is 23.1 Å². The Morgan fingerprint density at radius 2 is 2.12 bits per heavy atom. The van der Waals surface area contributed by atoms with Crippen LogP contribution in [-0.2, 0) is 24.2 Å². The molecule has 0 spiro atoms. The van der Waals surface area contributed by atoms with Gasteiger partial charge in [-0.3, -0.25) is 4.79 Å². The lowest BCUT2D eigenvalue weighted by atomic mass is 10.0. The van der Waals surface area contributed by atoms with E-state index in [0.29, 0.717) is 23.7 Å². The first kappa shape index (κ1) is 15.2. The number of carbonyl (C=O) groups excluding carboxylic acids is 1. The Morgan fingerprint density at radius 3 is 2.96 bits per heavy atom. The Hall–Kier alpha value is -2.33. The number of carbonyl (C=O) groups is 1. The number of benzene rings is 2. The van der Waals surface area contributed by atoms with Crippen molar-refractivity contribution in [2.24, 2.45) is 0 Å². The van der Waals surface area contributed by atoms with Crippen LogP contribution in [0.1, 0.15) is 16.8 Å². The molecule has 1 N–H and O–H groups in total. The molecule has 0 aliphatic carbocycles. The van der Waals surface area contributed by atoms with E-state index in [0.717, 1.165) is 22.9 Å². The molecule has 1 aromatic heterocycles. The van der Waals surface area contributed by atoms with Gasteiger partial charge in [-0.15, -0.1) is 0 Å². The summed E-state index contributed by atoms with van der Waals surface area (Å²) in [6.45, 7) is 1.23. The molecule has 3 aromatic rings. The van der Waals surface area contributed by atoms with Gasteiger partial charge >= 0.3 is 0 Å². The van der Waals surface area contributed by atoms with E-state index in [2.05, 4.69) is 4.98 Å². The number of hydrogen-bond acceptors (Lipinski definition) is 1. The number of hydrogen-bond donors (Lipinski definition) is 1. The van der Waals surface area contributed by atoms with Crippen LogP contribution in [0, 0.1) is 5.82 Å². The third-order valence-electron chi connectivity index (χ3n) is 4.53. The maximum Gasteiger partial charge on any atom is 0.227 e. The molecule has 0 saturated carbocycles. The van der Waals surface area contributed by atoms with Gasteiger partial charge in [0.1, 0.15) is 5.82 Å². The number of rotatable bonds is 2. The molecular weight excluding hydrogens is 327 g/mol. The first-order chi connectivity index (χ1) is 11.6. The van der Waals surface area contributed by atoms with Gasteiger partial charge in [-0.05, 0) is 35.9 Å². The topological polar surface area (TPSA) is 36.1 Å². The van der Waals surface area contributed by atoms with E-state index in [1.165, 1.54) is 17.8 Å². The summed E-state index contributed by atoms with van der Waals surface area (Å²) >= 11 is 6.11. The second-order valence-electron chi connectivity index (χ2n) is 6.14. The average Bonchev–Trinajstić information content (AvgIpc) is 2.92. The highest BCUT2D eigenvalue weighted by Gasteiger charge is 2.24. The Bertz CT molecular complexity index is 934. The number of aromatic amines is 1. The Labute approximate surface area is 144 Å². The van der Waals surface area contributed by atoms with Crippen LogP contribution in [0.25, 0.3) is 10.9 Å². The van der Waals surface area contributed by atoms with E-state index in [1.54, 1.807) is 12.1 Å². The van der Waals surface area contributed by atoms with Crippen molar-refractivity contribution in [1.29, 1.82) is 0 Å². The molecule has 4 rings (SSSR count). The smallest absolute Gasteiger partial charge is 0.227 e. The van der Waals surface area contributed by atoms with Crippen LogP contribution in [0.4, 0.5) is 4.39 Å². The summed E-state index contributed by atoms with van der Waals surface area (Å²) in [7, 11) is 0. The van der Waals surface area contributed by atoms with Crippen molar-refractivity contribution >= 4 is 28.4 Å². The van der Waals surface area contributed by atoms with Gasteiger partial charge in [0.15, 0.2) is 0 Å². The molecular formula is C19H16ClFN2O. The van der Waals surface area contributed by atoms with Gasteiger partial charge in [0.05, 0.1) is 6.42 Å². The second-order valence-corrected chi connectivity index (χ2v) is 6.58. The minimum atomic E-state index is -0.312. The van der Waals surface area contributed by atoms with Crippen molar-refractivity contribution in [3.63, 3.8) is 0 Å². The number of amides is 1. The minimum Gasteiger partial charge on any atom is -0.358 e. The van der Waals surface area contributed by atoms with Crippen molar-refractivity contribution in [1.82, 2.24) is 9.88 Å². The summed E-state index contributed by atoms with van der Waals surface area (Å²) < 4.78 is 13.3. The van der Waals surface area contributed by atoms with Gasteiger partial charge in [-0.25, -0.2) is 4.39 Å². The number of aromatic nitrogens is 1. The Kier molecular flexibility index (Phi) is 3.77. The molecule has 0 unspecified atom stereocenters. The first-order valence-corrected chi connectivity index (χ1v) is 8.29. The van der Waals surface area contributed by atoms with Gasteiger partial charge in [-0.1, -0.05) is 23.7 Å². The predicted octanol–water partition coefficient (Wildman–Crippen LogP) is 4.09. The van der Waals surface area contributed by atoms with Crippen LogP contribution >= 0.6 is 11.6 Å². The van der Waals surface area contributed by atoms with Crippen LogP contribution in [0.5, 0.6) is 0 Å². The molecule has 122 valence electrons. The van der Waals surface area contributed by atoms with Crippen LogP contribution in [-0.4, -0.2) is 22.3 Å². The highest BCUT2D eigenvalue weighted by atomic mass is 35.5. The zero-order valence-electron chi connectivity index (χ0n) is 13.0. The molecule has 1 amide bonds. The minimum absolute atomic E-state index is 0.0163. The highest BCUT2D eigenvalue weighted by molar-refractivity contribution is 6.31. The van der Waals surface area contributed by atoms with E-state index >= 15 is 0 Å². The molecule has 1 aliphatic heterocycles. The third-order valence-corrected chi connectivity index (χ3v) is 4.77. The Balaban J connectivity index is 1.58. The number of nitrogens with zero attached hydrogens (tertiary/aromatic N) is 1. The largest absolute Gasteiger partial charge is 0.358 e. The maximum absolute atomic E-state index is 13.3. The molecule has 24 heavy (non-hydrogen) atoms. The predicted molar refractivity (Wildman–Crippen MR) is 92.5 cm³/mol. The molecule has 2 heterocycles. The Morgan fingerprint density at radius 1 is 1.25 bits per heavy atom. The van der Waals surface area contributed by atoms with Crippen molar-refractivity contribution in [3.05, 3.63) is 70.1 Å². The fourth-order valence-electron chi connectivity index (χ4n) is 3.33. The van der Waals surface area contributed by atoms with E-state index in [4.69, 9.17) is 11.6 Å². The van der Waals surface area contributed by atoms with Crippen LogP contribution < -0.4 is 0 Å². The van der Waals surface area contributed by atoms with Crippen molar-refractivity contribution in [2.45, 2.75) is 19.4 Å². The van der Waals surface area contributed by atoms with Gasteiger partial charge in [0, 0.05) is 46.7 Å². The number of nitrogens with one attached hydrogen (secondary N) is 1. The second kappa shape index (κ2) is 5.95. The molecule has 0 saturated heterocycles. The SMILES string of the molecule is O=C(Cc1cccc(F)c1)N1CCc2[nH]c3ccc(Cl)cc3c2C1. The van der Waals surface area contributed by atoms with Crippen molar-refractivity contribution in [3.8, 4) is 0 Å². The van der Waals surface area contributed by atoms with E-state index in [-0.39, 0.29) is 18.1 Å². The van der Waals surface area contributed by atoms with Gasteiger partial charge < -0.3 is 9.88 Å². The maximum atomic E-state index is 13.3. The van der Waals surface area contributed by atoms with Crippen LogP contribution in [0.15, 0.2) is 42.5 Å². The summed E-state index contributed by atoms with van der Waals surface area (Å²) in [6, 6.07) is 12.0. The zero-order chi connectivity index (χ0) is 16.7. The van der Waals surface area contributed by atoms with E-state index in [9.17, 15) is 9.18 Å². The summed E-state index contributed by atoms with van der Waals surface area (Å²) in [5, 5.41) is 1.76. The number of H-pyrrole nitrogens is 1. The molecule has 0 fully saturated rings. The number of halogens is 2.